The minimum Gasteiger partial charge on any atom is -0.463 e. The van der Waals surface area contributed by atoms with Gasteiger partial charge in [-0.05, 0) is 32.4 Å². The molecule has 0 saturated carbocycles. The number of ether oxygens (including phenoxy) is 1. The highest BCUT2D eigenvalue weighted by atomic mass is 16.5. The topological polar surface area (TPSA) is 102 Å². The summed E-state index contributed by atoms with van der Waals surface area (Å²) in [6.45, 7) is 5.49. The molecule has 8 heteroatoms. The molecule has 2 heterocycles. The number of amides is 2. The molecular formula is C19H22N4O4. The second-order valence-electron chi connectivity index (χ2n) is 6.25. The normalized spacial score (nSPS) is 16.9. The smallest absolute Gasteiger partial charge is 0.337 e. The van der Waals surface area contributed by atoms with E-state index in [0.29, 0.717) is 34.4 Å². The number of benzene rings is 1. The number of allylic oxidation sites excluding steroid dienone is 1. The predicted octanol–water partition coefficient (Wildman–Crippen LogP) is 1.61. The van der Waals surface area contributed by atoms with E-state index < -0.39 is 18.0 Å². The van der Waals surface area contributed by atoms with Crippen LogP contribution in [0.5, 0.6) is 0 Å². The first-order chi connectivity index (χ1) is 13.0. The lowest BCUT2D eigenvalue weighted by Gasteiger charge is -2.28. The third-order valence-corrected chi connectivity index (χ3v) is 4.48. The Bertz CT molecular complexity index is 993. The van der Waals surface area contributed by atoms with Gasteiger partial charge < -0.3 is 15.4 Å². The molecule has 3 rings (SSSR count). The Kier molecular flexibility index (Phi) is 5.25. The van der Waals surface area contributed by atoms with Crippen LogP contribution in [0.25, 0.3) is 11.0 Å². The highest BCUT2D eigenvalue weighted by molar-refractivity contribution is 5.94. The summed E-state index contributed by atoms with van der Waals surface area (Å²) in [4.78, 5) is 41.6. The number of carbonyl (C=O) groups excluding carboxylic acids is 2. The molecule has 1 aliphatic heterocycles. The molecule has 1 atom stereocenters. The van der Waals surface area contributed by atoms with Crippen molar-refractivity contribution in [1.82, 2.24) is 20.2 Å². The molecule has 0 aliphatic carbocycles. The molecule has 0 fully saturated rings. The number of urea groups is 1. The highest BCUT2D eigenvalue weighted by Crippen LogP contribution is 2.19. The van der Waals surface area contributed by atoms with Crippen molar-refractivity contribution in [2.75, 3.05) is 6.61 Å². The molecule has 1 aliphatic rings. The zero-order valence-corrected chi connectivity index (χ0v) is 15.5. The minimum atomic E-state index is -0.505. The van der Waals surface area contributed by atoms with Gasteiger partial charge in [-0.1, -0.05) is 19.1 Å². The van der Waals surface area contributed by atoms with Crippen LogP contribution in [0.2, 0.25) is 0 Å². The maximum absolute atomic E-state index is 12.7. The van der Waals surface area contributed by atoms with Crippen molar-refractivity contribution < 1.29 is 14.3 Å². The number of fused-ring (bicyclic) bond motifs is 1. The Morgan fingerprint density at radius 1 is 1.26 bits per heavy atom. The van der Waals surface area contributed by atoms with E-state index in [1.54, 1.807) is 19.9 Å². The number of aromatic nitrogens is 2. The van der Waals surface area contributed by atoms with Crippen LogP contribution < -0.4 is 16.2 Å². The summed E-state index contributed by atoms with van der Waals surface area (Å²) in [6, 6.07) is 6.37. The van der Waals surface area contributed by atoms with E-state index in [1.807, 2.05) is 25.1 Å². The SMILES string of the molecule is CCOC(=O)C1=C(Cn2c(=O)c(C)nc3ccccc32)NC(=O)N[C@H]1CC. The fourth-order valence-electron chi connectivity index (χ4n) is 3.22. The lowest BCUT2D eigenvalue weighted by atomic mass is 10.00. The minimum absolute atomic E-state index is 0.0424. The number of rotatable bonds is 5. The van der Waals surface area contributed by atoms with Gasteiger partial charge in [-0.2, -0.15) is 0 Å². The van der Waals surface area contributed by atoms with Crippen LogP contribution in [0.1, 0.15) is 26.0 Å². The Labute approximate surface area is 156 Å². The van der Waals surface area contributed by atoms with Crippen molar-refractivity contribution in [3.63, 3.8) is 0 Å². The number of para-hydroxylation sites is 2. The summed E-state index contributed by atoms with van der Waals surface area (Å²) >= 11 is 0. The standard InChI is InChI=1S/C19H22N4O4/c1-4-12-16(18(25)27-5-2)14(22-19(26)21-12)10-23-15-9-7-6-8-13(15)20-11(3)17(23)24/h6-9,12H,4-5,10H2,1-3H3,(H2,21,22,26)/t12-/m0/s1. The lowest BCUT2D eigenvalue weighted by Crippen LogP contribution is -2.51. The van der Waals surface area contributed by atoms with Gasteiger partial charge in [0.15, 0.2) is 0 Å². The van der Waals surface area contributed by atoms with Crippen molar-refractivity contribution in [1.29, 1.82) is 0 Å². The maximum Gasteiger partial charge on any atom is 0.337 e. The number of nitrogens with zero attached hydrogens (tertiary/aromatic N) is 2. The Balaban J connectivity index is 2.17. The fraction of sp³-hybridized carbons (Fsp3) is 0.368. The van der Waals surface area contributed by atoms with E-state index in [9.17, 15) is 14.4 Å². The van der Waals surface area contributed by atoms with Gasteiger partial charge in [0.1, 0.15) is 5.69 Å². The molecule has 1 aromatic heterocycles. The van der Waals surface area contributed by atoms with E-state index in [2.05, 4.69) is 15.6 Å². The molecule has 0 unspecified atom stereocenters. The van der Waals surface area contributed by atoms with Gasteiger partial charge in [0.2, 0.25) is 0 Å². The molecule has 2 aromatic rings. The quantitative estimate of drug-likeness (QED) is 0.779. The number of hydrogen-bond donors (Lipinski definition) is 2. The molecule has 1 aromatic carbocycles. The van der Waals surface area contributed by atoms with Gasteiger partial charge in [0, 0.05) is 0 Å². The summed E-state index contributed by atoms with van der Waals surface area (Å²) in [5, 5.41) is 5.40. The van der Waals surface area contributed by atoms with Crippen LogP contribution in [-0.4, -0.2) is 34.2 Å². The van der Waals surface area contributed by atoms with E-state index in [4.69, 9.17) is 4.74 Å². The first-order valence-electron chi connectivity index (χ1n) is 8.90. The van der Waals surface area contributed by atoms with E-state index in [1.165, 1.54) is 4.57 Å². The predicted molar refractivity (Wildman–Crippen MR) is 100 cm³/mol. The number of esters is 1. The van der Waals surface area contributed by atoms with Crippen LogP contribution in [0.15, 0.2) is 40.3 Å². The molecule has 27 heavy (non-hydrogen) atoms. The maximum atomic E-state index is 12.7. The molecule has 8 nitrogen and oxygen atoms in total. The molecule has 0 bridgehead atoms. The number of aryl methyl sites for hydroxylation is 1. The Hall–Kier alpha value is -3.16. The molecule has 0 saturated heterocycles. The summed E-state index contributed by atoms with van der Waals surface area (Å²) in [6.07, 6.45) is 0.524. The van der Waals surface area contributed by atoms with Gasteiger partial charge in [-0.15, -0.1) is 0 Å². The third kappa shape index (κ3) is 3.55. The molecule has 142 valence electrons. The second kappa shape index (κ2) is 7.61. The van der Waals surface area contributed by atoms with Crippen molar-refractivity contribution in [3.05, 3.63) is 51.6 Å². The number of nitrogens with one attached hydrogen (secondary N) is 2. The van der Waals surface area contributed by atoms with E-state index in [-0.39, 0.29) is 18.7 Å². The average Bonchev–Trinajstić information content (AvgIpc) is 2.65. The number of hydrogen-bond acceptors (Lipinski definition) is 5. The molecular weight excluding hydrogens is 348 g/mol. The third-order valence-electron chi connectivity index (χ3n) is 4.48. The monoisotopic (exact) mass is 370 g/mol. The fourth-order valence-corrected chi connectivity index (χ4v) is 3.22. The van der Waals surface area contributed by atoms with Crippen LogP contribution in [0.4, 0.5) is 4.79 Å². The Morgan fingerprint density at radius 3 is 2.70 bits per heavy atom. The molecule has 2 amide bonds. The van der Waals surface area contributed by atoms with E-state index >= 15 is 0 Å². The largest absolute Gasteiger partial charge is 0.463 e. The van der Waals surface area contributed by atoms with Crippen molar-refractivity contribution in [2.45, 2.75) is 39.8 Å². The van der Waals surface area contributed by atoms with Gasteiger partial charge in [-0.3, -0.25) is 9.36 Å². The average molecular weight is 370 g/mol. The lowest BCUT2D eigenvalue weighted by molar-refractivity contribution is -0.139. The van der Waals surface area contributed by atoms with Crippen LogP contribution >= 0.6 is 0 Å². The Morgan fingerprint density at radius 2 is 2.00 bits per heavy atom. The molecule has 2 N–H and O–H groups in total. The molecule has 0 spiro atoms. The summed E-state index contributed by atoms with van der Waals surface area (Å²) in [5.74, 6) is -0.505. The second-order valence-corrected chi connectivity index (χ2v) is 6.25. The van der Waals surface area contributed by atoms with Gasteiger partial charge in [0.05, 0.1) is 41.5 Å². The van der Waals surface area contributed by atoms with Crippen LogP contribution in [-0.2, 0) is 16.1 Å². The zero-order chi connectivity index (χ0) is 19.6. The first kappa shape index (κ1) is 18.6. The van der Waals surface area contributed by atoms with Crippen molar-refractivity contribution in [2.24, 2.45) is 0 Å². The van der Waals surface area contributed by atoms with Crippen molar-refractivity contribution in [3.8, 4) is 0 Å². The zero-order valence-electron chi connectivity index (χ0n) is 15.5. The number of carbonyl (C=O) groups is 2. The summed E-state index contributed by atoms with van der Waals surface area (Å²) < 4.78 is 6.69. The first-order valence-corrected chi connectivity index (χ1v) is 8.90. The highest BCUT2D eigenvalue weighted by Gasteiger charge is 2.31. The van der Waals surface area contributed by atoms with Crippen LogP contribution in [0.3, 0.4) is 0 Å². The summed E-state index contributed by atoms with van der Waals surface area (Å²) in [7, 11) is 0. The van der Waals surface area contributed by atoms with Gasteiger partial charge in [0.25, 0.3) is 5.56 Å². The summed E-state index contributed by atoms with van der Waals surface area (Å²) in [5.41, 5.74) is 2.07. The van der Waals surface area contributed by atoms with Gasteiger partial charge in [-0.25, -0.2) is 14.6 Å². The molecule has 0 radical (unpaired) electrons. The van der Waals surface area contributed by atoms with E-state index in [0.717, 1.165) is 0 Å². The van der Waals surface area contributed by atoms with Crippen LogP contribution in [0, 0.1) is 6.92 Å². The van der Waals surface area contributed by atoms with Crippen molar-refractivity contribution >= 4 is 23.0 Å². The van der Waals surface area contributed by atoms with Gasteiger partial charge >= 0.3 is 12.0 Å².